The summed E-state index contributed by atoms with van der Waals surface area (Å²) in [6.45, 7) is 4.90. The fourth-order valence-electron chi connectivity index (χ4n) is 6.22. The molecule has 0 radical (unpaired) electrons. The molecule has 3 atom stereocenters. The fourth-order valence-corrected chi connectivity index (χ4v) is 6.22. The molecule has 0 unspecified atom stereocenters. The highest BCUT2D eigenvalue weighted by atomic mass is 16.5. The van der Waals surface area contributed by atoms with Crippen molar-refractivity contribution in [1.29, 1.82) is 0 Å². The minimum atomic E-state index is 0.190. The van der Waals surface area contributed by atoms with Crippen LogP contribution in [0.5, 0.6) is 11.5 Å². The molecule has 0 saturated heterocycles. The summed E-state index contributed by atoms with van der Waals surface area (Å²) >= 11 is 0. The second-order valence-corrected chi connectivity index (χ2v) is 10.7. The number of methoxy groups -OCH3 is 1. The summed E-state index contributed by atoms with van der Waals surface area (Å²) in [5.74, 6) is 1.87. The van der Waals surface area contributed by atoms with Gasteiger partial charge in [0, 0.05) is 18.7 Å². The van der Waals surface area contributed by atoms with Crippen LogP contribution in [0.2, 0.25) is 0 Å². The Morgan fingerprint density at radius 1 is 0.939 bits per heavy atom. The molecular formula is C28H33N3O2. The van der Waals surface area contributed by atoms with E-state index in [2.05, 4.69) is 36.0 Å². The SMILES string of the molecule is COc1cccc(-c2ccc(-c3ccc(N(C)[C@H]4C[C@]5(C)CC[C@](C)(C4)C5)nn3)c(O)c2)c1. The monoisotopic (exact) mass is 443 g/mol. The van der Waals surface area contributed by atoms with Crippen LogP contribution in [0, 0.1) is 10.8 Å². The maximum atomic E-state index is 10.7. The Morgan fingerprint density at radius 2 is 1.67 bits per heavy atom. The summed E-state index contributed by atoms with van der Waals surface area (Å²) in [6.07, 6.45) is 6.46. The number of aromatic nitrogens is 2. The van der Waals surface area contributed by atoms with Gasteiger partial charge in [-0.15, -0.1) is 10.2 Å². The number of benzene rings is 2. The van der Waals surface area contributed by atoms with Crippen molar-refractivity contribution in [3.8, 4) is 33.9 Å². The number of nitrogens with zero attached hydrogens (tertiary/aromatic N) is 3. The van der Waals surface area contributed by atoms with Gasteiger partial charge in [-0.1, -0.05) is 32.0 Å². The van der Waals surface area contributed by atoms with Crippen LogP contribution in [-0.4, -0.2) is 35.5 Å². The molecule has 172 valence electrons. The molecule has 2 fully saturated rings. The molecule has 2 aliphatic rings. The van der Waals surface area contributed by atoms with Crippen LogP contribution in [0.3, 0.4) is 0 Å². The summed E-state index contributed by atoms with van der Waals surface area (Å²) < 4.78 is 5.32. The standard InChI is InChI=1S/C28H33N3O2/c1-27-12-13-28(2,18-27)17-21(16-27)31(3)26-11-10-24(29-30-26)23-9-8-20(15-25(23)32)19-6-5-7-22(14-19)33-4/h5-11,14-15,21,32H,12-13,16-18H2,1-4H3/t21-,27-,28+. The van der Waals surface area contributed by atoms with Gasteiger partial charge in [-0.25, -0.2) is 0 Å². The van der Waals surface area contributed by atoms with Gasteiger partial charge in [0.25, 0.3) is 0 Å². The van der Waals surface area contributed by atoms with Gasteiger partial charge >= 0.3 is 0 Å². The van der Waals surface area contributed by atoms with Crippen LogP contribution in [0.4, 0.5) is 5.82 Å². The van der Waals surface area contributed by atoms with Crippen molar-refractivity contribution in [2.75, 3.05) is 19.1 Å². The Kier molecular flexibility index (Phi) is 5.31. The largest absolute Gasteiger partial charge is 0.507 e. The summed E-state index contributed by atoms with van der Waals surface area (Å²) in [5, 5.41) is 19.7. The average Bonchev–Trinajstić information content (AvgIpc) is 3.05. The fraction of sp³-hybridized carbons (Fsp3) is 0.429. The van der Waals surface area contributed by atoms with E-state index in [0.29, 0.717) is 28.1 Å². The zero-order chi connectivity index (χ0) is 23.2. The number of rotatable bonds is 5. The summed E-state index contributed by atoms with van der Waals surface area (Å²) in [6, 6.07) is 17.9. The maximum Gasteiger partial charge on any atom is 0.151 e. The number of anilines is 1. The summed E-state index contributed by atoms with van der Waals surface area (Å²) in [7, 11) is 3.80. The molecular weight excluding hydrogens is 410 g/mol. The first-order valence-electron chi connectivity index (χ1n) is 11.8. The molecule has 5 nitrogen and oxygen atoms in total. The smallest absolute Gasteiger partial charge is 0.151 e. The van der Waals surface area contributed by atoms with E-state index >= 15 is 0 Å². The molecule has 3 aromatic rings. The quantitative estimate of drug-likeness (QED) is 0.500. The Balaban J connectivity index is 1.35. The van der Waals surface area contributed by atoms with Gasteiger partial charge in [-0.05, 0) is 90.5 Å². The molecule has 1 heterocycles. The molecule has 2 aromatic carbocycles. The van der Waals surface area contributed by atoms with Crippen molar-refractivity contribution in [2.24, 2.45) is 10.8 Å². The Bertz CT molecular complexity index is 1140. The second-order valence-electron chi connectivity index (χ2n) is 10.7. The van der Waals surface area contributed by atoms with Gasteiger partial charge in [0.1, 0.15) is 11.5 Å². The number of fused-ring (bicyclic) bond motifs is 2. The minimum Gasteiger partial charge on any atom is -0.507 e. The van der Waals surface area contributed by atoms with Gasteiger partial charge < -0.3 is 14.7 Å². The predicted molar refractivity (Wildman–Crippen MR) is 133 cm³/mol. The number of phenols is 1. The van der Waals surface area contributed by atoms with E-state index < -0.39 is 0 Å². The van der Waals surface area contributed by atoms with Crippen molar-refractivity contribution in [2.45, 2.75) is 52.0 Å². The number of aromatic hydroxyl groups is 1. The lowest BCUT2D eigenvalue weighted by molar-refractivity contribution is 0.148. The lowest BCUT2D eigenvalue weighted by atomic mass is 9.68. The Labute approximate surface area is 196 Å². The number of hydrogen-bond donors (Lipinski definition) is 1. The topological polar surface area (TPSA) is 58.5 Å². The third-order valence-electron chi connectivity index (χ3n) is 7.88. The van der Waals surface area contributed by atoms with E-state index in [0.717, 1.165) is 22.7 Å². The first kappa shape index (κ1) is 21.7. The van der Waals surface area contributed by atoms with Gasteiger partial charge in [0.15, 0.2) is 5.82 Å². The highest BCUT2D eigenvalue weighted by Crippen LogP contribution is 2.58. The molecule has 2 aliphatic carbocycles. The molecule has 5 rings (SSSR count). The molecule has 33 heavy (non-hydrogen) atoms. The average molecular weight is 444 g/mol. The molecule has 1 aromatic heterocycles. The third-order valence-corrected chi connectivity index (χ3v) is 7.88. The van der Waals surface area contributed by atoms with Gasteiger partial charge in [-0.3, -0.25) is 0 Å². The van der Waals surface area contributed by atoms with Gasteiger partial charge in [0.05, 0.1) is 12.8 Å². The number of hydrogen-bond acceptors (Lipinski definition) is 5. The van der Waals surface area contributed by atoms with E-state index in [-0.39, 0.29) is 5.75 Å². The Morgan fingerprint density at radius 3 is 2.30 bits per heavy atom. The molecule has 2 saturated carbocycles. The van der Waals surface area contributed by atoms with Crippen LogP contribution in [0.15, 0.2) is 54.6 Å². The predicted octanol–water partition coefficient (Wildman–Crippen LogP) is 6.32. The van der Waals surface area contributed by atoms with Crippen LogP contribution in [0.25, 0.3) is 22.4 Å². The van der Waals surface area contributed by atoms with Crippen LogP contribution in [-0.2, 0) is 0 Å². The summed E-state index contributed by atoms with van der Waals surface area (Å²) in [4.78, 5) is 2.31. The second kappa shape index (κ2) is 8.05. The molecule has 0 aliphatic heterocycles. The number of ether oxygens (including phenoxy) is 1. The Hall–Kier alpha value is -3.08. The van der Waals surface area contributed by atoms with Crippen molar-refractivity contribution >= 4 is 5.82 Å². The molecule has 0 amide bonds. The lowest BCUT2D eigenvalue weighted by Gasteiger charge is -2.44. The summed E-state index contributed by atoms with van der Waals surface area (Å²) in [5.41, 5.74) is 4.17. The van der Waals surface area contributed by atoms with E-state index in [4.69, 9.17) is 4.74 Å². The minimum absolute atomic E-state index is 0.190. The van der Waals surface area contributed by atoms with Crippen molar-refractivity contribution < 1.29 is 9.84 Å². The van der Waals surface area contributed by atoms with E-state index in [1.807, 2.05) is 48.5 Å². The maximum absolute atomic E-state index is 10.7. The van der Waals surface area contributed by atoms with Crippen LogP contribution >= 0.6 is 0 Å². The highest BCUT2D eigenvalue weighted by molar-refractivity contribution is 5.75. The van der Waals surface area contributed by atoms with E-state index in [9.17, 15) is 5.11 Å². The van der Waals surface area contributed by atoms with E-state index in [1.165, 1.54) is 32.1 Å². The zero-order valence-corrected chi connectivity index (χ0v) is 20.0. The van der Waals surface area contributed by atoms with Crippen LogP contribution < -0.4 is 9.64 Å². The third kappa shape index (κ3) is 4.17. The van der Waals surface area contributed by atoms with Crippen molar-refractivity contribution in [3.63, 3.8) is 0 Å². The lowest BCUT2D eigenvalue weighted by Crippen LogP contribution is -2.42. The highest BCUT2D eigenvalue weighted by Gasteiger charge is 2.49. The van der Waals surface area contributed by atoms with Crippen LogP contribution in [0.1, 0.15) is 46.0 Å². The van der Waals surface area contributed by atoms with Gasteiger partial charge in [0.2, 0.25) is 0 Å². The molecule has 0 spiro atoms. The first-order valence-corrected chi connectivity index (χ1v) is 11.8. The first-order chi connectivity index (χ1) is 15.8. The van der Waals surface area contributed by atoms with Crippen molar-refractivity contribution in [1.82, 2.24) is 10.2 Å². The zero-order valence-electron chi connectivity index (χ0n) is 20.0. The normalized spacial score (nSPS) is 26.2. The van der Waals surface area contributed by atoms with Gasteiger partial charge in [-0.2, -0.15) is 0 Å². The molecule has 2 bridgehead atoms. The molecule has 1 N–H and O–H groups in total. The molecule has 5 heteroatoms. The van der Waals surface area contributed by atoms with E-state index in [1.54, 1.807) is 13.2 Å². The van der Waals surface area contributed by atoms with Crippen molar-refractivity contribution in [3.05, 3.63) is 54.6 Å². The number of phenolic OH excluding ortho intramolecular Hbond substituents is 1.